The van der Waals surface area contributed by atoms with Gasteiger partial charge in [-0.25, -0.2) is 0 Å². The topological polar surface area (TPSA) is 66.3 Å². The largest absolute Gasteiger partial charge is 0.391 e. The molecular formula is C14H15N3O2S. The lowest BCUT2D eigenvalue weighted by Gasteiger charge is -2.15. The molecule has 1 saturated heterocycles. The standard InChI is InChI=1S/C14H15N3O2S/c18-13-8-17(14(19)10-1-4-20-9-10)7-11(13)5-12-6-15-2-3-16-12/h1-4,6,9,11,13,18H,5,7-8H2/t11-,13-/m1/s1. The first-order valence-electron chi connectivity index (χ1n) is 6.48. The van der Waals surface area contributed by atoms with Gasteiger partial charge in [-0.1, -0.05) is 0 Å². The maximum Gasteiger partial charge on any atom is 0.254 e. The van der Waals surface area contributed by atoms with Gasteiger partial charge in [-0.15, -0.1) is 0 Å². The van der Waals surface area contributed by atoms with Crippen LogP contribution in [0.25, 0.3) is 0 Å². The molecule has 1 amide bonds. The van der Waals surface area contributed by atoms with E-state index in [0.29, 0.717) is 25.1 Å². The predicted molar refractivity (Wildman–Crippen MR) is 75.5 cm³/mol. The van der Waals surface area contributed by atoms with Gasteiger partial charge in [-0.3, -0.25) is 14.8 Å². The molecule has 0 spiro atoms. The van der Waals surface area contributed by atoms with Crippen molar-refractivity contribution in [1.29, 1.82) is 0 Å². The molecule has 104 valence electrons. The number of amides is 1. The van der Waals surface area contributed by atoms with E-state index in [4.69, 9.17) is 0 Å². The summed E-state index contributed by atoms with van der Waals surface area (Å²) in [5, 5.41) is 13.9. The Kier molecular flexibility index (Phi) is 3.75. The lowest BCUT2D eigenvalue weighted by molar-refractivity contribution is 0.0765. The van der Waals surface area contributed by atoms with Gasteiger partial charge < -0.3 is 10.0 Å². The first kappa shape index (κ1) is 13.2. The zero-order valence-electron chi connectivity index (χ0n) is 10.8. The summed E-state index contributed by atoms with van der Waals surface area (Å²) in [6.45, 7) is 0.950. The third-order valence-corrected chi connectivity index (χ3v) is 4.23. The number of aliphatic hydroxyl groups excluding tert-OH is 1. The molecule has 20 heavy (non-hydrogen) atoms. The zero-order valence-corrected chi connectivity index (χ0v) is 11.7. The average molecular weight is 289 g/mol. The maximum atomic E-state index is 12.2. The molecule has 2 atom stereocenters. The minimum Gasteiger partial charge on any atom is -0.391 e. The van der Waals surface area contributed by atoms with E-state index in [2.05, 4.69) is 9.97 Å². The van der Waals surface area contributed by atoms with Gasteiger partial charge in [0.05, 0.1) is 17.4 Å². The number of aliphatic hydroxyl groups is 1. The summed E-state index contributed by atoms with van der Waals surface area (Å²) >= 11 is 1.50. The molecule has 0 bridgehead atoms. The Morgan fingerprint density at radius 1 is 1.45 bits per heavy atom. The van der Waals surface area contributed by atoms with Crippen molar-refractivity contribution in [1.82, 2.24) is 14.9 Å². The Hall–Kier alpha value is -1.79. The number of aromatic nitrogens is 2. The molecule has 1 aliphatic rings. The Labute approximate surface area is 120 Å². The summed E-state index contributed by atoms with van der Waals surface area (Å²) in [7, 11) is 0. The second kappa shape index (κ2) is 5.68. The normalized spacial score (nSPS) is 22.1. The maximum absolute atomic E-state index is 12.2. The summed E-state index contributed by atoms with van der Waals surface area (Å²) in [5.41, 5.74) is 1.55. The molecule has 3 rings (SSSR count). The van der Waals surface area contributed by atoms with Crippen LogP contribution in [-0.4, -0.2) is 45.1 Å². The summed E-state index contributed by atoms with van der Waals surface area (Å²) in [6.07, 6.45) is 5.12. The highest BCUT2D eigenvalue weighted by Gasteiger charge is 2.34. The fraction of sp³-hybridized carbons (Fsp3) is 0.357. The summed E-state index contributed by atoms with van der Waals surface area (Å²) < 4.78 is 0. The van der Waals surface area contributed by atoms with Crippen LogP contribution in [0.3, 0.4) is 0 Å². The van der Waals surface area contributed by atoms with Crippen LogP contribution >= 0.6 is 11.3 Å². The number of carbonyl (C=O) groups excluding carboxylic acids is 1. The predicted octanol–water partition coefficient (Wildman–Crippen LogP) is 1.21. The molecule has 1 N–H and O–H groups in total. The van der Waals surface area contributed by atoms with Crippen LogP contribution in [0.1, 0.15) is 16.1 Å². The first-order chi connectivity index (χ1) is 9.74. The molecule has 0 aromatic carbocycles. The van der Waals surface area contributed by atoms with Crippen LogP contribution in [0.4, 0.5) is 0 Å². The van der Waals surface area contributed by atoms with Crippen LogP contribution < -0.4 is 0 Å². The van der Waals surface area contributed by atoms with Crippen LogP contribution in [-0.2, 0) is 6.42 Å². The number of rotatable bonds is 3. The smallest absolute Gasteiger partial charge is 0.254 e. The van der Waals surface area contributed by atoms with Gasteiger partial charge in [0.1, 0.15) is 0 Å². The van der Waals surface area contributed by atoms with E-state index in [1.807, 2.05) is 16.8 Å². The van der Waals surface area contributed by atoms with Gasteiger partial charge in [0.2, 0.25) is 0 Å². The van der Waals surface area contributed by atoms with Gasteiger partial charge in [0, 0.05) is 43.0 Å². The average Bonchev–Trinajstić information content (AvgIpc) is 3.10. The van der Waals surface area contributed by atoms with E-state index in [1.165, 1.54) is 11.3 Å². The van der Waals surface area contributed by atoms with E-state index < -0.39 is 6.10 Å². The number of nitrogens with zero attached hydrogens (tertiary/aromatic N) is 3. The summed E-state index contributed by atoms with van der Waals surface area (Å²) in [6, 6.07) is 1.81. The van der Waals surface area contributed by atoms with E-state index in [9.17, 15) is 9.90 Å². The third-order valence-electron chi connectivity index (χ3n) is 3.55. The monoisotopic (exact) mass is 289 g/mol. The van der Waals surface area contributed by atoms with E-state index in [-0.39, 0.29) is 11.8 Å². The number of carbonyl (C=O) groups is 1. The number of hydrogen-bond donors (Lipinski definition) is 1. The number of β-amino-alcohol motifs (C(OH)–C–C–N with tert-alkyl or cyclic N) is 1. The van der Waals surface area contributed by atoms with Crippen molar-refractivity contribution in [2.24, 2.45) is 5.92 Å². The summed E-state index contributed by atoms with van der Waals surface area (Å²) in [4.78, 5) is 22.2. The van der Waals surface area contributed by atoms with Gasteiger partial charge in [0.25, 0.3) is 5.91 Å². The van der Waals surface area contributed by atoms with Crippen molar-refractivity contribution in [3.63, 3.8) is 0 Å². The number of likely N-dealkylation sites (tertiary alicyclic amines) is 1. The molecule has 0 unspecified atom stereocenters. The molecule has 6 heteroatoms. The van der Waals surface area contributed by atoms with Crippen molar-refractivity contribution in [3.8, 4) is 0 Å². The summed E-state index contributed by atoms with van der Waals surface area (Å²) in [5.74, 6) is 0.0150. The van der Waals surface area contributed by atoms with E-state index in [0.717, 1.165) is 5.69 Å². The molecule has 5 nitrogen and oxygen atoms in total. The molecule has 0 radical (unpaired) electrons. The second-order valence-corrected chi connectivity index (χ2v) is 5.73. The molecule has 3 heterocycles. The second-order valence-electron chi connectivity index (χ2n) is 4.95. The van der Waals surface area contributed by atoms with Crippen LogP contribution in [0, 0.1) is 5.92 Å². The van der Waals surface area contributed by atoms with Crippen molar-refractivity contribution in [2.45, 2.75) is 12.5 Å². The molecule has 2 aromatic heterocycles. The van der Waals surface area contributed by atoms with Gasteiger partial charge >= 0.3 is 0 Å². The first-order valence-corrected chi connectivity index (χ1v) is 7.43. The fourth-order valence-corrected chi connectivity index (χ4v) is 3.12. The van der Waals surface area contributed by atoms with Gasteiger partial charge in [-0.05, 0) is 17.9 Å². The molecule has 0 aliphatic carbocycles. The number of thiophene rings is 1. The Bertz CT molecular complexity index is 573. The fourth-order valence-electron chi connectivity index (χ4n) is 2.49. The Morgan fingerprint density at radius 3 is 3.05 bits per heavy atom. The number of hydrogen-bond acceptors (Lipinski definition) is 5. The molecule has 2 aromatic rings. The van der Waals surface area contributed by atoms with Crippen LogP contribution in [0.2, 0.25) is 0 Å². The Balaban J connectivity index is 1.66. The van der Waals surface area contributed by atoms with Crippen molar-refractivity contribution in [2.75, 3.05) is 13.1 Å². The van der Waals surface area contributed by atoms with Gasteiger partial charge in [0.15, 0.2) is 0 Å². The quantitative estimate of drug-likeness (QED) is 0.922. The van der Waals surface area contributed by atoms with Crippen LogP contribution in [0.5, 0.6) is 0 Å². The highest BCUT2D eigenvalue weighted by molar-refractivity contribution is 7.08. The molecule has 1 aliphatic heterocycles. The van der Waals surface area contributed by atoms with Crippen LogP contribution in [0.15, 0.2) is 35.4 Å². The SMILES string of the molecule is O=C(c1ccsc1)N1C[C@@H](Cc2cnccn2)[C@H](O)C1. The Morgan fingerprint density at radius 2 is 2.35 bits per heavy atom. The zero-order chi connectivity index (χ0) is 13.9. The third kappa shape index (κ3) is 2.71. The highest BCUT2D eigenvalue weighted by atomic mass is 32.1. The highest BCUT2D eigenvalue weighted by Crippen LogP contribution is 2.22. The minimum atomic E-state index is -0.500. The van der Waals surface area contributed by atoms with Crippen molar-refractivity contribution >= 4 is 17.2 Å². The van der Waals surface area contributed by atoms with Gasteiger partial charge in [-0.2, -0.15) is 11.3 Å². The van der Waals surface area contributed by atoms with Crippen molar-refractivity contribution in [3.05, 3.63) is 46.7 Å². The van der Waals surface area contributed by atoms with Crippen molar-refractivity contribution < 1.29 is 9.90 Å². The lowest BCUT2D eigenvalue weighted by atomic mass is 10.0. The lowest BCUT2D eigenvalue weighted by Crippen LogP contribution is -2.29. The molecular weight excluding hydrogens is 274 g/mol. The molecule has 1 fully saturated rings. The minimum absolute atomic E-state index is 0.00746. The molecule has 0 saturated carbocycles. The van der Waals surface area contributed by atoms with E-state index in [1.54, 1.807) is 23.5 Å². The van der Waals surface area contributed by atoms with E-state index >= 15 is 0 Å².